The molecule has 0 saturated heterocycles. The molecule has 0 fully saturated rings. The lowest BCUT2D eigenvalue weighted by Gasteiger charge is -2.21. The average Bonchev–Trinajstić information content (AvgIpc) is 2.32. The van der Waals surface area contributed by atoms with E-state index in [1.165, 1.54) is 0 Å². The lowest BCUT2D eigenvalue weighted by Crippen LogP contribution is -2.35. The van der Waals surface area contributed by atoms with Crippen molar-refractivity contribution >= 4 is 0 Å². The van der Waals surface area contributed by atoms with E-state index in [1.807, 2.05) is 6.07 Å². The summed E-state index contributed by atoms with van der Waals surface area (Å²) < 4.78 is 10.7. The fraction of sp³-hybridized carbons (Fsp3) is 0.643. The summed E-state index contributed by atoms with van der Waals surface area (Å²) in [5, 5.41) is 3.45. The molecule has 1 aromatic heterocycles. The van der Waals surface area contributed by atoms with Crippen LogP contribution in [0.4, 0.5) is 0 Å². The Morgan fingerprint density at radius 3 is 2.72 bits per heavy atom. The average molecular weight is 252 g/mol. The molecule has 4 heteroatoms. The molecule has 1 aromatic rings. The monoisotopic (exact) mass is 252 g/mol. The van der Waals surface area contributed by atoms with Crippen LogP contribution in [-0.4, -0.2) is 30.8 Å². The number of ether oxygens (including phenoxy) is 2. The highest BCUT2D eigenvalue weighted by atomic mass is 16.5. The van der Waals surface area contributed by atoms with E-state index in [1.54, 1.807) is 19.5 Å². The number of rotatable bonds is 7. The molecule has 0 saturated carbocycles. The Morgan fingerprint density at radius 1 is 1.28 bits per heavy atom. The Bertz CT molecular complexity index is 348. The van der Waals surface area contributed by atoms with Gasteiger partial charge in [0, 0.05) is 44.0 Å². The van der Waals surface area contributed by atoms with E-state index in [0.29, 0.717) is 6.61 Å². The standard InChI is InChI=1S/C14H24N2O2/c1-14(2,3)16-10-12-6-7-15-11-13(12)18-9-5-8-17-4/h6-7,11,16H,5,8-10H2,1-4H3. The molecular formula is C14H24N2O2. The Balaban J connectivity index is 2.51. The van der Waals surface area contributed by atoms with Crippen molar-refractivity contribution in [2.75, 3.05) is 20.3 Å². The van der Waals surface area contributed by atoms with Crippen LogP contribution in [0.15, 0.2) is 18.5 Å². The van der Waals surface area contributed by atoms with Gasteiger partial charge >= 0.3 is 0 Å². The summed E-state index contributed by atoms with van der Waals surface area (Å²) in [7, 11) is 1.70. The Morgan fingerprint density at radius 2 is 2.06 bits per heavy atom. The minimum absolute atomic E-state index is 0.0938. The van der Waals surface area contributed by atoms with Gasteiger partial charge in [-0.3, -0.25) is 4.98 Å². The second-order valence-corrected chi connectivity index (χ2v) is 5.28. The highest BCUT2D eigenvalue weighted by Gasteiger charge is 2.10. The zero-order valence-corrected chi connectivity index (χ0v) is 11.8. The van der Waals surface area contributed by atoms with Gasteiger partial charge in [-0.1, -0.05) is 0 Å². The minimum atomic E-state index is 0.0938. The maximum Gasteiger partial charge on any atom is 0.142 e. The lowest BCUT2D eigenvalue weighted by atomic mass is 10.1. The number of methoxy groups -OCH3 is 1. The van der Waals surface area contributed by atoms with Gasteiger partial charge < -0.3 is 14.8 Å². The van der Waals surface area contributed by atoms with Crippen LogP contribution in [-0.2, 0) is 11.3 Å². The van der Waals surface area contributed by atoms with Gasteiger partial charge in [-0.2, -0.15) is 0 Å². The lowest BCUT2D eigenvalue weighted by molar-refractivity contribution is 0.171. The molecule has 1 rings (SSSR count). The number of pyridine rings is 1. The highest BCUT2D eigenvalue weighted by molar-refractivity contribution is 5.29. The fourth-order valence-corrected chi connectivity index (χ4v) is 1.43. The molecule has 1 heterocycles. The van der Waals surface area contributed by atoms with Crippen LogP contribution in [0.3, 0.4) is 0 Å². The zero-order valence-electron chi connectivity index (χ0n) is 11.8. The van der Waals surface area contributed by atoms with E-state index in [0.717, 1.165) is 30.9 Å². The molecule has 102 valence electrons. The molecule has 0 aliphatic heterocycles. The van der Waals surface area contributed by atoms with E-state index in [9.17, 15) is 0 Å². The van der Waals surface area contributed by atoms with Crippen LogP contribution in [0.2, 0.25) is 0 Å². The molecule has 0 aliphatic carbocycles. The van der Waals surface area contributed by atoms with E-state index < -0.39 is 0 Å². The van der Waals surface area contributed by atoms with E-state index in [4.69, 9.17) is 9.47 Å². The molecule has 0 unspecified atom stereocenters. The quantitative estimate of drug-likeness (QED) is 0.757. The third kappa shape index (κ3) is 5.98. The second kappa shape index (κ2) is 7.34. The van der Waals surface area contributed by atoms with Crippen molar-refractivity contribution in [1.82, 2.24) is 10.3 Å². The van der Waals surface area contributed by atoms with Gasteiger partial charge in [-0.15, -0.1) is 0 Å². The van der Waals surface area contributed by atoms with Crippen molar-refractivity contribution in [3.8, 4) is 5.75 Å². The third-order valence-electron chi connectivity index (χ3n) is 2.43. The summed E-state index contributed by atoms with van der Waals surface area (Å²) in [5.41, 5.74) is 1.23. The summed E-state index contributed by atoms with van der Waals surface area (Å²) >= 11 is 0. The Labute approximate surface area is 110 Å². The molecule has 0 aromatic carbocycles. The predicted molar refractivity (Wildman–Crippen MR) is 72.8 cm³/mol. The van der Waals surface area contributed by atoms with E-state index >= 15 is 0 Å². The molecule has 18 heavy (non-hydrogen) atoms. The molecule has 1 N–H and O–H groups in total. The number of nitrogens with zero attached hydrogens (tertiary/aromatic N) is 1. The van der Waals surface area contributed by atoms with Crippen molar-refractivity contribution in [3.05, 3.63) is 24.0 Å². The molecule has 0 radical (unpaired) electrons. The largest absolute Gasteiger partial charge is 0.492 e. The van der Waals surface area contributed by atoms with Gasteiger partial charge in [-0.25, -0.2) is 0 Å². The van der Waals surface area contributed by atoms with Crippen molar-refractivity contribution in [2.45, 2.75) is 39.3 Å². The second-order valence-electron chi connectivity index (χ2n) is 5.28. The van der Waals surface area contributed by atoms with Crippen LogP contribution >= 0.6 is 0 Å². The first-order chi connectivity index (χ1) is 8.53. The Hall–Kier alpha value is -1.13. The first-order valence-corrected chi connectivity index (χ1v) is 6.32. The van der Waals surface area contributed by atoms with Crippen LogP contribution in [0.1, 0.15) is 32.8 Å². The van der Waals surface area contributed by atoms with Crippen molar-refractivity contribution in [3.63, 3.8) is 0 Å². The maximum absolute atomic E-state index is 5.72. The van der Waals surface area contributed by atoms with Crippen molar-refractivity contribution in [2.24, 2.45) is 0 Å². The van der Waals surface area contributed by atoms with Gasteiger partial charge in [-0.05, 0) is 26.8 Å². The molecule has 0 amide bonds. The number of nitrogens with one attached hydrogen (secondary N) is 1. The Kier molecular flexibility index (Phi) is 6.09. The smallest absolute Gasteiger partial charge is 0.142 e. The van der Waals surface area contributed by atoms with Crippen LogP contribution in [0.5, 0.6) is 5.75 Å². The highest BCUT2D eigenvalue weighted by Crippen LogP contribution is 2.17. The molecule has 0 bridgehead atoms. The molecule has 4 nitrogen and oxygen atoms in total. The summed E-state index contributed by atoms with van der Waals surface area (Å²) in [6, 6.07) is 1.99. The maximum atomic E-state index is 5.72. The summed E-state index contributed by atoms with van der Waals surface area (Å²) in [4.78, 5) is 4.10. The third-order valence-corrected chi connectivity index (χ3v) is 2.43. The van der Waals surface area contributed by atoms with Gasteiger partial charge in [0.25, 0.3) is 0 Å². The van der Waals surface area contributed by atoms with Crippen LogP contribution < -0.4 is 10.1 Å². The zero-order chi connectivity index (χ0) is 13.4. The summed E-state index contributed by atoms with van der Waals surface area (Å²) in [6.45, 7) is 8.59. The number of hydrogen-bond donors (Lipinski definition) is 1. The predicted octanol–water partition coefficient (Wildman–Crippen LogP) is 2.39. The normalized spacial score (nSPS) is 11.6. The van der Waals surface area contributed by atoms with Crippen molar-refractivity contribution < 1.29 is 9.47 Å². The number of hydrogen-bond acceptors (Lipinski definition) is 4. The van der Waals surface area contributed by atoms with E-state index in [-0.39, 0.29) is 5.54 Å². The number of aromatic nitrogens is 1. The van der Waals surface area contributed by atoms with Crippen molar-refractivity contribution in [1.29, 1.82) is 0 Å². The first-order valence-electron chi connectivity index (χ1n) is 6.32. The van der Waals surface area contributed by atoms with Gasteiger partial charge in [0.2, 0.25) is 0 Å². The van der Waals surface area contributed by atoms with Gasteiger partial charge in [0.05, 0.1) is 12.8 Å². The molecular weight excluding hydrogens is 228 g/mol. The van der Waals surface area contributed by atoms with Crippen LogP contribution in [0, 0.1) is 0 Å². The minimum Gasteiger partial charge on any atom is -0.492 e. The fourth-order valence-electron chi connectivity index (χ4n) is 1.43. The van der Waals surface area contributed by atoms with Crippen LogP contribution in [0.25, 0.3) is 0 Å². The molecule has 0 aliphatic rings. The topological polar surface area (TPSA) is 43.4 Å². The van der Waals surface area contributed by atoms with E-state index in [2.05, 4.69) is 31.1 Å². The first kappa shape index (κ1) is 14.9. The molecule has 0 atom stereocenters. The summed E-state index contributed by atoms with van der Waals surface area (Å²) in [6.07, 6.45) is 4.45. The van der Waals surface area contributed by atoms with Gasteiger partial charge in [0.15, 0.2) is 0 Å². The SMILES string of the molecule is COCCCOc1cnccc1CNC(C)(C)C. The molecule has 0 spiro atoms. The summed E-state index contributed by atoms with van der Waals surface area (Å²) in [5.74, 6) is 0.852. The van der Waals surface area contributed by atoms with Gasteiger partial charge in [0.1, 0.15) is 5.75 Å².